The van der Waals surface area contributed by atoms with Crippen molar-refractivity contribution in [1.29, 1.82) is 0 Å². The third-order valence-electron chi connectivity index (χ3n) is 5.58. The second kappa shape index (κ2) is 7.78. The van der Waals surface area contributed by atoms with E-state index in [1.165, 1.54) is 0 Å². The lowest BCUT2D eigenvalue weighted by atomic mass is 10.1. The lowest BCUT2D eigenvalue weighted by Gasteiger charge is -2.34. The molecule has 2 aliphatic heterocycles. The zero-order chi connectivity index (χ0) is 18.8. The molecule has 0 aliphatic carbocycles. The van der Waals surface area contributed by atoms with Gasteiger partial charge in [-0.2, -0.15) is 0 Å². The molecule has 1 aromatic heterocycles. The first-order valence-electron chi connectivity index (χ1n) is 9.79. The van der Waals surface area contributed by atoms with Crippen molar-refractivity contribution >= 4 is 5.91 Å². The van der Waals surface area contributed by atoms with Crippen LogP contribution in [0.15, 0.2) is 30.3 Å². The van der Waals surface area contributed by atoms with Crippen LogP contribution in [-0.2, 0) is 11.3 Å². The minimum atomic E-state index is 0.165. The summed E-state index contributed by atoms with van der Waals surface area (Å²) in [6.45, 7) is 7.97. The summed E-state index contributed by atoms with van der Waals surface area (Å²) < 4.78 is 2.18. The maximum Gasteiger partial charge on any atom is 0.237 e. The number of hydrogen-bond acceptors (Lipinski definition) is 5. The fourth-order valence-corrected chi connectivity index (χ4v) is 4.05. The van der Waals surface area contributed by atoms with Gasteiger partial charge in [0.05, 0.1) is 19.1 Å². The number of fused-ring (bicyclic) bond motifs is 1. The average molecular weight is 368 g/mol. The third-order valence-corrected chi connectivity index (χ3v) is 5.58. The van der Waals surface area contributed by atoms with E-state index in [0.29, 0.717) is 19.6 Å². The molecule has 0 N–H and O–H groups in total. The van der Waals surface area contributed by atoms with Crippen LogP contribution in [0.2, 0.25) is 0 Å². The Balaban J connectivity index is 1.46. The number of rotatable bonds is 3. The summed E-state index contributed by atoms with van der Waals surface area (Å²) in [6.07, 6.45) is 1.12. The van der Waals surface area contributed by atoms with E-state index in [-0.39, 0.29) is 11.9 Å². The fourth-order valence-electron chi connectivity index (χ4n) is 4.05. The topological polar surface area (TPSA) is 57.5 Å². The van der Waals surface area contributed by atoms with Gasteiger partial charge in [-0.25, -0.2) is 0 Å². The normalized spacial score (nSPS) is 21.7. The van der Waals surface area contributed by atoms with Crippen LogP contribution in [0.5, 0.6) is 0 Å². The van der Waals surface area contributed by atoms with Crippen molar-refractivity contribution < 1.29 is 4.79 Å². The predicted molar refractivity (Wildman–Crippen MR) is 104 cm³/mol. The van der Waals surface area contributed by atoms with Crippen LogP contribution >= 0.6 is 0 Å². The quantitative estimate of drug-likeness (QED) is 0.822. The Morgan fingerprint density at radius 2 is 1.93 bits per heavy atom. The molecule has 0 bridgehead atoms. The molecule has 3 heterocycles. The Hall–Kier alpha value is -2.25. The molecule has 7 nitrogen and oxygen atoms in total. The number of aromatic nitrogens is 3. The number of benzene rings is 1. The Morgan fingerprint density at radius 3 is 2.74 bits per heavy atom. The van der Waals surface area contributed by atoms with Crippen LogP contribution in [0.3, 0.4) is 0 Å². The number of likely N-dealkylation sites (N-methyl/N-ethyl adjacent to an activating group) is 1. The molecule has 2 aliphatic rings. The van der Waals surface area contributed by atoms with E-state index < -0.39 is 0 Å². The molecule has 0 radical (unpaired) electrons. The summed E-state index contributed by atoms with van der Waals surface area (Å²) in [5, 5.41) is 8.79. The summed E-state index contributed by atoms with van der Waals surface area (Å²) in [5.41, 5.74) is 1.07. The van der Waals surface area contributed by atoms with E-state index in [1.54, 1.807) is 0 Å². The molecule has 4 rings (SSSR count). The number of amides is 1. The molecular weight excluding hydrogens is 340 g/mol. The highest BCUT2D eigenvalue weighted by Gasteiger charge is 2.30. The smallest absolute Gasteiger partial charge is 0.237 e. The maximum absolute atomic E-state index is 12.9. The first-order chi connectivity index (χ1) is 13.1. The van der Waals surface area contributed by atoms with Crippen molar-refractivity contribution in [2.75, 3.05) is 46.3 Å². The van der Waals surface area contributed by atoms with Crippen LogP contribution < -0.4 is 0 Å². The largest absolute Gasteiger partial charge is 0.332 e. The SMILES string of the molecule is C[C@H]1CN(C(=O)CN2CCCN(C)CC2)Cc2nnc(-c3ccccc3)n21. The highest BCUT2D eigenvalue weighted by Crippen LogP contribution is 2.27. The maximum atomic E-state index is 12.9. The molecule has 0 unspecified atom stereocenters. The first kappa shape index (κ1) is 18.1. The molecule has 1 fully saturated rings. The Kier molecular flexibility index (Phi) is 5.22. The molecule has 27 heavy (non-hydrogen) atoms. The van der Waals surface area contributed by atoms with Crippen molar-refractivity contribution in [2.45, 2.75) is 25.9 Å². The monoisotopic (exact) mass is 368 g/mol. The van der Waals surface area contributed by atoms with Gasteiger partial charge in [-0.15, -0.1) is 10.2 Å². The van der Waals surface area contributed by atoms with E-state index in [2.05, 4.69) is 50.7 Å². The second-order valence-electron chi connectivity index (χ2n) is 7.73. The molecule has 1 saturated heterocycles. The predicted octanol–water partition coefficient (Wildman–Crippen LogP) is 1.49. The van der Waals surface area contributed by atoms with Crippen molar-refractivity contribution in [3.05, 3.63) is 36.2 Å². The summed E-state index contributed by atoms with van der Waals surface area (Å²) >= 11 is 0. The van der Waals surface area contributed by atoms with Crippen LogP contribution in [-0.4, -0.2) is 81.7 Å². The van der Waals surface area contributed by atoms with Crippen LogP contribution in [0.1, 0.15) is 25.2 Å². The van der Waals surface area contributed by atoms with Crippen molar-refractivity contribution in [2.24, 2.45) is 0 Å². The van der Waals surface area contributed by atoms with Crippen molar-refractivity contribution in [3.63, 3.8) is 0 Å². The molecule has 1 amide bonds. The molecule has 7 heteroatoms. The number of carbonyl (C=O) groups excluding carboxylic acids is 1. The number of carbonyl (C=O) groups is 1. The van der Waals surface area contributed by atoms with Gasteiger partial charge in [0.15, 0.2) is 11.6 Å². The van der Waals surface area contributed by atoms with E-state index in [4.69, 9.17) is 0 Å². The fraction of sp³-hybridized carbons (Fsp3) is 0.550. The average Bonchev–Trinajstić information content (AvgIpc) is 3.01. The summed E-state index contributed by atoms with van der Waals surface area (Å²) in [5.74, 6) is 1.96. The molecule has 0 spiro atoms. The molecule has 1 aromatic carbocycles. The van der Waals surface area contributed by atoms with E-state index in [1.807, 2.05) is 23.1 Å². The zero-order valence-corrected chi connectivity index (χ0v) is 16.2. The van der Waals surface area contributed by atoms with E-state index >= 15 is 0 Å². The van der Waals surface area contributed by atoms with Gasteiger partial charge in [-0.05, 0) is 33.5 Å². The second-order valence-corrected chi connectivity index (χ2v) is 7.73. The Labute approximate surface area is 160 Å². The van der Waals surface area contributed by atoms with Crippen molar-refractivity contribution in [1.82, 2.24) is 29.5 Å². The molecular formula is C20H28N6O. The van der Waals surface area contributed by atoms with Gasteiger partial charge in [-0.1, -0.05) is 30.3 Å². The third kappa shape index (κ3) is 3.89. The Bertz CT molecular complexity index is 789. The van der Waals surface area contributed by atoms with Gasteiger partial charge >= 0.3 is 0 Å². The van der Waals surface area contributed by atoms with Crippen LogP contribution in [0.25, 0.3) is 11.4 Å². The van der Waals surface area contributed by atoms with Crippen molar-refractivity contribution in [3.8, 4) is 11.4 Å². The minimum absolute atomic E-state index is 0.165. The highest BCUT2D eigenvalue weighted by molar-refractivity contribution is 5.78. The lowest BCUT2D eigenvalue weighted by molar-refractivity contribution is -0.134. The number of hydrogen-bond donors (Lipinski definition) is 0. The number of nitrogens with zero attached hydrogens (tertiary/aromatic N) is 6. The first-order valence-corrected chi connectivity index (χ1v) is 9.79. The zero-order valence-electron chi connectivity index (χ0n) is 16.2. The lowest BCUT2D eigenvalue weighted by Crippen LogP contribution is -2.45. The van der Waals surface area contributed by atoms with E-state index in [0.717, 1.165) is 49.8 Å². The van der Waals surface area contributed by atoms with Gasteiger partial charge in [0.25, 0.3) is 0 Å². The van der Waals surface area contributed by atoms with Gasteiger partial charge in [-0.3, -0.25) is 9.69 Å². The molecule has 2 aromatic rings. The molecule has 144 valence electrons. The van der Waals surface area contributed by atoms with Gasteiger partial charge in [0.1, 0.15) is 0 Å². The highest BCUT2D eigenvalue weighted by atomic mass is 16.2. The van der Waals surface area contributed by atoms with Gasteiger partial charge in [0, 0.05) is 25.2 Å². The Morgan fingerprint density at radius 1 is 1.11 bits per heavy atom. The summed E-state index contributed by atoms with van der Waals surface area (Å²) in [7, 11) is 2.15. The van der Waals surface area contributed by atoms with E-state index in [9.17, 15) is 4.79 Å². The van der Waals surface area contributed by atoms with Crippen LogP contribution in [0, 0.1) is 0 Å². The molecule has 1 atom stereocenters. The molecule has 0 saturated carbocycles. The van der Waals surface area contributed by atoms with Gasteiger partial charge < -0.3 is 14.4 Å². The minimum Gasteiger partial charge on any atom is -0.332 e. The van der Waals surface area contributed by atoms with Crippen LogP contribution in [0.4, 0.5) is 0 Å². The standard InChI is InChI=1S/C20H28N6O/c1-16-13-25(19(27)15-24-10-6-9-23(2)11-12-24)14-18-21-22-20(26(16)18)17-7-4-3-5-8-17/h3-5,7-8,16H,6,9-15H2,1-2H3/t16-/m0/s1. The van der Waals surface area contributed by atoms with Gasteiger partial charge in [0.2, 0.25) is 5.91 Å². The summed E-state index contributed by atoms with van der Waals surface area (Å²) in [6, 6.07) is 10.3. The summed E-state index contributed by atoms with van der Waals surface area (Å²) in [4.78, 5) is 19.5.